The van der Waals surface area contributed by atoms with Crippen molar-refractivity contribution in [1.82, 2.24) is 5.32 Å². The molecule has 4 amide bonds. The van der Waals surface area contributed by atoms with E-state index in [1.54, 1.807) is 0 Å². The fourth-order valence-electron chi connectivity index (χ4n) is 0.436. The van der Waals surface area contributed by atoms with Crippen molar-refractivity contribution in [2.45, 2.75) is 26.3 Å². The van der Waals surface area contributed by atoms with Gasteiger partial charge in [0, 0.05) is 6.04 Å². The third-order valence-electron chi connectivity index (χ3n) is 1.22. The molecule has 0 aliphatic rings. The van der Waals surface area contributed by atoms with Crippen LogP contribution in [0.15, 0.2) is 10.2 Å². The van der Waals surface area contributed by atoms with Crippen LogP contribution < -0.4 is 11.1 Å². The van der Waals surface area contributed by atoms with Crippen molar-refractivity contribution in [3.05, 3.63) is 0 Å². The average Bonchev–Trinajstić information content (AvgIpc) is 2.00. The van der Waals surface area contributed by atoms with E-state index in [0.717, 1.165) is 6.42 Å². The molecule has 12 heavy (non-hydrogen) atoms. The van der Waals surface area contributed by atoms with E-state index in [1.165, 1.54) is 0 Å². The highest BCUT2D eigenvalue weighted by Crippen LogP contribution is 1.89. The fraction of sp³-hybridized carbons (Fsp3) is 0.667. The summed E-state index contributed by atoms with van der Waals surface area (Å²) in [5, 5.41) is 8.35. The Balaban J connectivity index is 3.81. The van der Waals surface area contributed by atoms with Crippen molar-refractivity contribution >= 4 is 12.1 Å². The normalized spacial score (nSPS) is 12.8. The van der Waals surface area contributed by atoms with Gasteiger partial charge >= 0.3 is 12.1 Å². The summed E-state index contributed by atoms with van der Waals surface area (Å²) in [6.45, 7) is 3.73. The van der Waals surface area contributed by atoms with E-state index >= 15 is 0 Å². The summed E-state index contributed by atoms with van der Waals surface area (Å²) in [4.78, 5) is 20.8. The molecule has 0 fully saturated rings. The Kier molecular flexibility index (Phi) is 4.59. The number of amides is 4. The van der Waals surface area contributed by atoms with Gasteiger partial charge in [-0.15, -0.1) is 0 Å². The summed E-state index contributed by atoms with van der Waals surface area (Å²) in [7, 11) is 0. The molecule has 0 bridgehead atoms. The molecule has 0 spiro atoms. The smallest absolute Gasteiger partial charge is 0.348 e. The zero-order valence-electron chi connectivity index (χ0n) is 7.07. The van der Waals surface area contributed by atoms with E-state index in [4.69, 9.17) is 0 Å². The molecule has 0 rings (SSSR count). The van der Waals surface area contributed by atoms with E-state index in [1.807, 2.05) is 13.8 Å². The fourth-order valence-corrected chi connectivity index (χ4v) is 0.436. The number of carbonyl (C=O) groups is 2. The van der Waals surface area contributed by atoms with Crippen LogP contribution in [0.25, 0.3) is 0 Å². The number of nitrogens with zero attached hydrogens (tertiary/aromatic N) is 2. The molecule has 0 heterocycles. The van der Waals surface area contributed by atoms with Crippen LogP contribution in [0.3, 0.4) is 0 Å². The van der Waals surface area contributed by atoms with Gasteiger partial charge in [-0.2, -0.15) is 0 Å². The number of hydrogen-bond acceptors (Lipinski definition) is 2. The van der Waals surface area contributed by atoms with Gasteiger partial charge in [-0.25, -0.2) is 9.59 Å². The van der Waals surface area contributed by atoms with Crippen LogP contribution in [-0.2, 0) is 0 Å². The van der Waals surface area contributed by atoms with Crippen LogP contribution in [0.4, 0.5) is 9.59 Å². The molecule has 0 aromatic heterocycles. The number of azo groups is 1. The molecular formula is C6H12N4O2. The molecule has 0 saturated carbocycles. The van der Waals surface area contributed by atoms with Gasteiger partial charge in [-0.3, -0.25) is 0 Å². The molecule has 0 aromatic carbocycles. The van der Waals surface area contributed by atoms with Crippen LogP contribution in [0, 0.1) is 0 Å². The molecule has 0 saturated heterocycles. The van der Waals surface area contributed by atoms with Crippen LogP contribution in [0.5, 0.6) is 0 Å². The topological polar surface area (TPSA) is 96.9 Å². The van der Waals surface area contributed by atoms with E-state index in [9.17, 15) is 9.59 Å². The first kappa shape index (κ1) is 10.5. The first-order chi connectivity index (χ1) is 5.56. The summed E-state index contributed by atoms with van der Waals surface area (Å²) < 4.78 is 0. The standard InChI is InChI=1S/C6H12N4O2/c1-3-4(2)8-6(12)10-9-5(7)11/h4H,3H2,1-2H3,(H2,7,11)(H,8,12). The van der Waals surface area contributed by atoms with Crippen molar-refractivity contribution in [2.75, 3.05) is 0 Å². The molecule has 0 aromatic rings. The van der Waals surface area contributed by atoms with Crippen LogP contribution in [0.2, 0.25) is 0 Å². The van der Waals surface area contributed by atoms with Crippen LogP contribution in [-0.4, -0.2) is 18.1 Å². The summed E-state index contributed by atoms with van der Waals surface area (Å²) in [6.07, 6.45) is 0.790. The second-order valence-electron chi connectivity index (χ2n) is 2.30. The zero-order valence-corrected chi connectivity index (χ0v) is 7.07. The van der Waals surface area contributed by atoms with Gasteiger partial charge in [0.2, 0.25) is 0 Å². The second kappa shape index (κ2) is 5.22. The first-order valence-electron chi connectivity index (χ1n) is 3.58. The van der Waals surface area contributed by atoms with E-state index in [2.05, 4.69) is 21.3 Å². The number of nitrogens with two attached hydrogens (primary N) is 1. The maximum Gasteiger partial charge on any atom is 0.359 e. The van der Waals surface area contributed by atoms with E-state index < -0.39 is 12.1 Å². The third kappa shape index (κ3) is 5.33. The lowest BCUT2D eigenvalue weighted by Gasteiger charge is -2.06. The van der Waals surface area contributed by atoms with Crippen molar-refractivity contribution < 1.29 is 9.59 Å². The zero-order chi connectivity index (χ0) is 9.56. The average molecular weight is 172 g/mol. The molecule has 6 nitrogen and oxygen atoms in total. The van der Waals surface area contributed by atoms with Gasteiger partial charge in [0.15, 0.2) is 0 Å². The predicted octanol–water partition coefficient (Wildman–Crippen LogP) is 1.03. The minimum Gasteiger partial charge on any atom is -0.348 e. The number of rotatable bonds is 2. The minimum atomic E-state index is -0.977. The highest BCUT2D eigenvalue weighted by atomic mass is 16.2. The second-order valence-corrected chi connectivity index (χ2v) is 2.30. The minimum absolute atomic E-state index is 0.0179. The maximum absolute atomic E-state index is 10.7. The Labute approximate surface area is 70.2 Å². The molecule has 1 unspecified atom stereocenters. The van der Waals surface area contributed by atoms with Crippen molar-refractivity contribution in [3.63, 3.8) is 0 Å². The molecular weight excluding hydrogens is 160 g/mol. The van der Waals surface area contributed by atoms with Gasteiger partial charge in [-0.1, -0.05) is 17.2 Å². The van der Waals surface area contributed by atoms with Crippen molar-refractivity contribution in [3.8, 4) is 0 Å². The highest BCUT2D eigenvalue weighted by Gasteiger charge is 2.02. The summed E-state index contributed by atoms with van der Waals surface area (Å²) in [6, 6.07) is -1.61. The molecule has 0 aliphatic carbocycles. The summed E-state index contributed by atoms with van der Waals surface area (Å²) in [5.74, 6) is 0. The lowest BCUT2D eigenvalue weighted by atomic mass is 10.3. The number of carbonyl (C=O) groups excluding carboxylic acids is 2. The van der Waals surface area contributed by atoms with Gasteiger partial charge < -0.3 is 11.1 Å². The first-order valence-corrected chi connectivity index (χ1v) is 3.58. The Morgan fingerprint density at radius 3 is 2.50 bits per heavy atom. The van der Waals surface area contributed by atoms with Crippen LogP contribution >= 0.6 is 0 Å². The number of hydrogen-bond donors (Lipinski definition) is 2. The Bertz CT molecular complexity index is 202. The monoisotopic (exact) mass is 172 g/mol. The van der Waals surface area contributed by atoms with Gasteiger partial charge in [0.25, 0.3) is 0 Å². The van der Waals surface area contributed by atoms with Crippen molar-refractivity contribution in [2.24, 2.45) is 16.0 Å². The Morgan fingerprint density at radius 1 is 1.50 bits per heavy atom. The predicted molar refractivity (Wildman–Crippen MR) is 42.7 cm³/mol. The molecule has 0 aliphatic heterocycles. The highest BCUT2D eigenvalue weighted by molar-refractivity contribution is 5.78. The van der Waals surface area contributed by atoms with Gasteiger partial charge in [0.1, 0.15) is 0 Å². The maximum atomic E-state index is 10.7. The third-order valence-corrected chi connectivity index (χ3v) is 1.22. The SMILES string of the molecule is CCC(C)NC(=O)N=NC(N)=O. The Hall–Kier alpha value is -1.46. The summed E-state index contributed by atoms with van der Waals surface area (Å²) >= 11 is 0. The summed E-state index contributed by atoms with van der Waals surface area (Å²) in [5.41, 5.74) is 4.62. The molecule has 68 valence electrons. The largest absolute Gasteiger partial charge is 0.359 e. The Morgan fingerprint density at radius 2 is 2.08 bits per heavy atom. The number of nitrogens with one attached hydrogen (secondary N) is 1. The molecule has 6 heteroatoms. The van der Waals surface area contributed by atoms with Gasteiger partial charge in [-0.05, 0) is 13.3 Å². The number of primary amides is 1. The lowest BCUT2D eigenvalue weighted by Crippen LogP contribution is -2.29. The quantitative estimate of drug-likeness (QED) is 0.608. The molecule has 3 N–H and O–H groups in total. The number of urea groups is 2. The molecule has 0 radical (unpaired) electrons. The molecule has 1 atom stereocenters. The van der Waals surface area contributed by atoms with Crippen molar-refractivity contribution in [1.29, 1.82) is 0 Å². The van der Waals surface area contributed by atoms with E-state index in [-0.39, 0.29) is 6.04 Å². The lowest BCUT2D eigenvalue weighted by molar-refractivity contribution is 0.241. The van der Waals surface area contributed by atoms with Crippen LogP contribution in [0.1, 0.15) is 20.3 Å². The van der Waals surface area contributed by atoms with E-state index in [0.29, 0.717) is 0 Å². The van der Waals surface area contributed by atoms with Gasteiger partial charge in [0.05, 0.1) is 0 Å².